The van der Waals surface area contributed by atoms with Crippen LogP contribution < -0.4 is 11.5 Å². The molecule has 0 aromatic heterocycles. The lowest BCUT2D eigenvalue weighted by Gasteiger charge is -2.22. The average molecular weight is 215 g/mol. The van der Waals surface area contributed by atoms with Crippen LogP contribution in [-0.4, -0.2) is 49.1 Å². The number of carbonyl (C=O) groups is 2. The third-order valence-electron chi connectivity index (χ3n) is 2.27. The Morgan fingerprint density at radius 2 is 2.07 bits per heavy atom. The quantitative estimate of drug-likeness (QED) is 0.594. The van der Waals surface area contributed by atoms with Crippen LogP contribution in [0, 0.1) is 0 Å². The van der Waals surface area contributed by atoms with E-state index in [0.29, 0.717) is 26.3 Å². The lowest BCUT2D eigenvalue weighted by Crippen LogP contribution is -2.46. The minimum atomic E-state index is -0.819. The summed E-state index contributed by atoms with van der Waals surface area (Å²) in [6.07, 6.45) is 0.700. The first-order valence-electron chi connectivity index (χ1n) is 5.01. The molecule has 0 aliphatic carbocycles. The van der Waals surface area contributed by atoms with Gasteiger partial charge in [0.2, 0.25) is 11.8 Å². The lowest BCUT2D eigenvalue weighted by atomic mass is 10.2. The Morgan fingerprint density at radius 3 is 2.73 bits per heavy atom. The molecule has 86 valence electrons. The lowest BCUT2D eigenvalue weighted by molar-refractivity contribution is -0.134. The predicted octanol–water partition coefficient (Wildman–Crippen LogP) is -1.56. The van der Waals surface area contributed by atoms with Crippen molar-refractivity contribution in [3.63, 3.8) is 0 Å². The van der Waals surface area contributed by atoms with E-state index in [1.807, 2.05) is 0 Å². The molecule has 0 aromatic carbocycles. The number of ether oxygens (including phenoxy) is 1. The second-order valence-electron chi connectivity index (χ2n) is 3.57. The third-order valence-corrected chi connectivity index (χ3v) is 2.27. The first kappa shape index (κ1) is 11.9. The molecule has 1 aliphatic rings. The minimum absolute atomic E-state index is 0.101. The van der Waals surface area contributed by atoms with Crippen LogP contribution in [-0.2, 0) is 14.3 Å². The number of hydrogen-bond donors (Lipinski definition) is 2. The van der Waals surface area contributed by atoms with Crippen molar-refractivity contribution in [3.05, 3.63) is 0 Å². The molecule has 1 atom stereocenters. The molecule has 6 heteroatoms. The number of nitrogens with zero attached hydrogens (tertiary/aromatic N) is 1. The molecular formula is C9H17N3O3. The Kier molecular flexibility index (Phi) is 4.51. The van der Waals surface area contributed by atoms with Gasteiger partial charge in [-0.1, -0.05) is 0 Å². The fraction of sp³-hybridized carbons (Fsp3) is 0.778. The van der Waals surface area contributed by atoms with E-state index in [4.69, 9.17) is 16.2 Å². The average Bonchev–Trinajstić information content (AvgIpc) is 2.43. The molecule has 15 heavy (non-hydrogen) atoms. The van der Waals surface area contributed by atoms with E-state index >= 15 is 0 Å². The van der Waals surface area contributed by atoms with Crippen LogP contribution in [0.25, 0.3) is 0 Å². The highest BCUT2D eigenvalue weighted by molar-refractivity contribution is 5.87. The summed E-state index contributed by atoms with van der Waals surface area (Å²) in [6.45, 7) is 2.35. The number of nitrogens with two attached hydrogens (primary N) is 2. The fourth-order valence-corrected chi connectivity index (χ4v) is 1.51. The normalized spacial score (nSPS) is 19.4. The van der Waals surface area contributed by atoms with Gasteiger partial charge in [0, 0.05) is 19.7 Å². The standard InChI is InChI=1S/C9H17N3O3/c10-7(6-8(11)13)9(14)12-2-1-4-15-5-3-12/h7H,1-6,10H2,(H2,11,13). The first-order valence-corrected chi connectivity index (χ1v) is 5.01. The molecule has 0 spiro atoms. The highest BCUT2D eigenvalue weighted by Gasteiger charge is 2.23. The second kappa shape index (κ2) is 5.67. The zero-order valence-corrected chi connectivity index (χ0v) is 8.65. The topological polar surface area (TPSA) is 98.7 Å². The summed E-state index contributed by atoms with van der Waals surface area (Å²) in [5.74, 6) is -0.777. The van der Waals surface area contributed by atoms with Gasteiger partial charge in [0.25, 0.3) is 0 Å². The summed E-state index contributed by atoms with van der Waals surface area (Å²) in [4.78, 5) is 24.0. The van der Waals surface area contributed by atoms with Gasteiger partial charge in [-0.25, -0.2) is 0 Å². The molecule has 1 aliphatic heterocycles. The van der Waals surface area contributed by atoms with E-state index < -0.39 is 11.9 Å². The Hall–Kier alpha value is -1.14. The number of carbonyl (C=O) groups excluding carboxylic acids is 2. The van der Waals surface area contributed by atoms with Crippen molar-refractivity contribution < 1.29 is 14.3 Å². The molecule has 1 rings (SSSR count). The van der Waals surface area contributed by atoms with E-state index in [1.54, 1.807) is 4.90 Å². The molecule has 4 N–H and O–H groups in total. The van der Waals surface area contributed by atoms with Crippen LogP contribution in [0.5, 0.6) is 0 Å². The van der Waals surface area contributed by atoms with Crippen molar-refractivity contribution >= 4 is 11.8 Å². The smallest absolute Gasteiger partial charge is 0.240 e. The molecule has 1 unspecified atom stereocenters. The summed E-state index contributed by atoms with van der Waals surface area (Å²) < 4.78 is 5.21. The predicted molar refractivity (Wildman–Crippen MR) is 53.8 cm³/mol. The SMILES string of the molecule is NC(=O)CC(N)C(=O)N1CCCOCC1. The molecule has 1 fully saturated rings. The monoisotopic (exact) mass is 215 g/mol. The van der Waals surface area contributed by atoms with Crippen LogP contribution in [0.1, 0.15) is 12.8 Å². The van der Waals surface area contributed by atoms with Gasteiger partial charge in [-0.3, -0.25) is 9.59 Å². The van der Waals surface area contributed by atoms with Crippen LogP contribution in [0.3, 0.4) is 0 Å². The van der Waals surface area contributed by atoms with E-state index in [0.717, 1.165) is 6.42 Å². The van der Waals surface area contributed by atoms with Gasteiger partial charge in [-0.05, 0) is 6.42 Å². The minimum Gasteiger partial charge on any atom is -0.380 e. The Morgan fingerprint density at radius 1 is 1.33 bits per heavy atom. The maximum atomic E-state index is 11.7. The van der Waals surface area contributed by atoms with E-state index in [9.17, 15) is 9.59 Å². The van der Waals surface area contributed by atoms with Gasteiger partial charge < -0.3 is 21.1 Å². The van der Waals surface area contributed by atoms with Crippen molar-refractivity contribution in [2.75, 3.05) is 26.3 Å². The van der Waals surface area contributed by atoms with Gasteiger partial charge >= 0.3 is 0 Å². The van der Waals surface area contributed by atoms with Crippen LogP contribution in [0.4, 0.5) is 0 Å². The molecular weight excluding hydrogens is 198 g/mol. The van der Waals surface area contributed by atoms with Crippen LogP contribution in [0.15, 0.2) is 0 Å². The first-order chi connectivity index (χ1) is 7.11. The summed E-state index contributed by atoms with van der Waals surface area (Å²) in [5, 5.41) is 0. The number of hydrogen-bond acceptors (Lipinski definition) is 4. The van der Waals surface area contributed by atoms with E-state index in [2.05, 4.69) is 0 Å². The zero-order valence-electron chi connectivity index (χ0n) is 8.65. The van der Waals surface area contributed by atoms with Crippen molar-refractivity contribution in [1.82, 2.24) is 4.90 Å². The number of rotatable bonds is 3. The van der Waals surface area contributed by atoms with Gasteiger partial charge in [-0.15, -0.1) is 0 Å². The fourth-order valence-electron chi connectivity index (χ4n) is 1.51. The third kappa shape index (κ3) is 3.85. The highest BCUT2D eigenvalue weighted by Crippen LogP contribution is 2.02. The van der Waals surface area contributed by atoms with Gasteiger partial charge in [0.15, 0.2) is 0 Å². The van der Waals surface area contributed by atoms with Gasteiger partial charge in [0.1, 0.15) is 0 Å². The molecule has 1 saturated heterocycles. The zero-order chi connectivity index (χ0) is 11.3. The van der Waals surface area contributed by atoms with Gasteiger partial charge in [0.05, 0.1) is 19.1 Å². The van der Waals surface area contributed by atoms with E-state index in [-0.39, 0.29) is 12.3 Å². The van der Waals surface area contributed by atoms with Crippen molar-refractivity contribution in [2.24, 2.45) is 11.5 Å². The second-order valence-corrected chi connectivity index (χ2v) is 3.57. The van der Waals surface area contributed by atoms with Crippen molar-refractivity contribution in [1.29, 1.82) is 0 Å². The van der Waals surface area contributed by atoms with Crippen LogP contribution in [0.2, 0.25) is 0 Å². The van der Waals surface area contributed by atoms with E-state index in [1.165, 1.54) is 0 Å². The van der Waals surface area contributed by atoms with Crippen LogP contribution >= 0.6 is 0 Å². The maximum Gasteiger partial charge on any atom is 0.240 e. The Bertz CT molecular complexity index is 237. The van der Waals surface area contributed by atoms with Crippen molar-refractivity contribution in [2.45, 2.75) is 18.9 Å². The molecule has 0 saturated carbocycles. The summed E-state index contributed by atoms with van der Waals surface area (Å²) >= 11 is 0. The summed E-state index contributed by atoms with van der Waals surface area (Å²) in [6, 6.07) is -0.819. The highest BCUT2D eigenvalue weighted by atomic mass is 16.5. The Labute approximate surface area is 88.5 Å². The van der Waals surface area contributed by atoms with Crippen molar-refractivity contribution in [3.8, 4) is 0 Å². The molecule has 0 bridgehead atoms. The molecule has 2 amide bonds. The maximum absolute atomic E-state index is 11.7. The molecule has 6 nitrogen and oxygen atoms in total. The summed E-state index contributed by atoms with van der Waals surface area (Å²) in [7, 11) is 0. The number of amides is 2. The summed E-state index contributed by atoms with van der Waals surface area (Å²) in [5.41, 5.74) is 10.5. The largest absolute Gasteiger partial charge is 0.380 e. The Balaban J connectivity index is 2.46. The molecule has 1 heterocycles. The molecule has 0 radical (unpaired) electrons. The molecule has 0 aromatic rings. The van der Waals surface area contributed by atoms with Gasteiger partial charge in [-0.2, -0.15) is 0 Å². The number of primary amides is 1.